The van der Waals surface area contributed by atoms with Crippen molar-refractivity contribution < 1.29 is 21.9 Å². The van der Waals surface area contributed by atoms with Crippen molar-refractivity contribution in [3.8, 4) is 0 Å². The smallest absolute Gasteiger partial charge is 0.416 e. The topological polar surface area (TPSA) is 68.2 Å². The lowest BCUT2D eigenvalue weighted by Crippen LogP contribution is -2.67. The highest BCUT2D eigenvalue weighted by atomic mass is 28.5. The predicted octanol–water partition coefficient (Wildman–Crippen LogP) is -0.126. The molecule has 0 aromatic carbocycles. The van der Waals surface area contributed by atoms with Crippen molar-refractivity contribution in [3.05, 3.63) is 0 Å². The molecule has 72 valence electrons. The van der Waals surface area contributed by atoms with Crippen LogP contribution in [0.2, 0.25) is 26.2 Å². The van der Waals surface area contributed by atoms with Gasteiger partial charge in [-0.2, -0.15) is 0 Å². The van der Waals surface area contributed by atoms with Crippen LogP contribution in [0.4, 0.5) is 0 Å². The first kappa shape index (κ1) is 10.5. The normalized spacial score (nSPS) is 31.5. The lowest BCUT2D eigenvalue weighted by Gasteiger charge is -2.42. The highest BCUT2D eigenvalue weighted by molar-refractivity contribution is 6.89. The van der Waals surface area contributed by atoms with Crippen molar-refractivity contribution in [1.82, 2.24) is 0 Å². The maximum Gasteiger partial charge on any atom is 0.655 e. The fraction of sp³-hybridized carbons (Fsp3) is 1.00. The Morgan fingerprint density at radius 3 is 1.33 bits per heavy atom. The Morgan fingerprint density at radius 1 is 0.750 bits per heavy atom. The molecule has 1 aliphatic heterocycles. The molecule has 0 radical (unpaired) electrons. The van der Waals surface area contributed by atoms with Gasteiger partial charge < -0.3 is 21.9 Å². The molecule has 0 atom stereocenters. The summed E-state index contributed by atoms with van der Waals surface area (Å²) in [6, 6.07) is 0. The summed E-state index contributed by atoms with van der Waals surface area (Å²) in [5.74, 6) is 0. The predicted molar refractivity (Wildman–Crippen MR) is 48.4 cm³/mol. The quantitative estimate of drug-likeness (QED) is 0.563. The summed E-state index contributed by atoms with van der Waals surface area (Å²) >= 11 is 0. The molecular formula is C4H14O5Si3. The van der Waals surface area contributed by atoms with E-state index >= 15 is 0 Å². The first-order valence-corrected chi connectivity index (χ1v) is 11.0. The molecule has 2 N–H and O–H groups in total. The summed E-state index contributed by atoms with van der Waals surface area (Å²) < 4.78 is 15.5. The molecule has 0 amide bonds. The Kier molecular flexibility index (Phi) is 2.39. The lowest BCUT2D eigenvalue weighted by atomic mass is 11.9. The van der Waals surface area contributed by atoms with E-state index in [1.54, 1.807) is 26.2 Å². The van der Waals surface area contributed by atoms with E-state index in [-0.39, 0.29) is 0 Å². The maximum absolute atomic E-state index is 9.29. The highest BCUT2D eigenvalue weighted by Crippen LogP contribution is 2.27. The van der Waals surface area contributed by atoms with Crippen LogP contribution in [0.15, 0.2) is 0 Å². The van der Waals surface area contributed by atoms with Gasteiger partial charge in [-0.15, -0.1) is 0 Å². The second-order valence-corrected chi connectivity index (χ2v) is 12.8. The van der Waals surface area contributed by atoms with Crippen LogP contribution in [0.5, 0.6) is 0 Å². The molecule has 0 aliphatic carbocycles. The summed E-state index contributed by atoms with van der Waals surface area (Å²) in [4.78, 5) is 18.6. The van der Waals surface area contributed by atoms with Crippen molar-refractivity contribution in [1.29, 1.82) is 0 Å². The van der Waals surface area contributed by atoms with Crippen molar-refractivity contribution in [3.63, 3.8) is 0 Å². The van der Waals surface area contributed by atoms with E-state index in [2.05, 4.69) is 0 Å². The van der Waals surface area contributed by atoms with Crippen LogP contribution in [0.3, 0.4) is 0 Å². The summed E-state index contributed by atoms with van der Waals surface area (Å²) in [7, 11) is -8.59. The largest absolute Gasteiger partial charge is 0.655 e. The molecular weight excluding hydrogens is 212 g/mol. The van der Waals surface area contributed by atoms with Crippen molar-refractivity contribution in [2.24, 2.45) is 0 Å². The fourth-order valence-corrected chi connectivity index (χ4v) is 12.8. The molecule has 0 unspecified atom stereocenters. The molecule has 1 saturated heterocycles. The van der Waals surface area contributed by atoms with Gasteiger partial charge in [0.15, 0.2) is 0 Å². The minimum atomic E-state index is -3.86. The van der Waals surface area contributed by atoms with E-state index in [4.69, 9.17) is 12.3 Å². The van der Waals surface area contributed by atoms with Gasteiger partial charge in [-0.05, 0) is 26.2 Å². The molecule has 0 saturated carbocycles. The Balaban J connectivity index is 2.81. The zero-order valence-electron chi connectivity index (χ0n) is 7.62. The molecule has 5 nitrogen and oxygen atoms in total. The van der Waals surface area contributed by atoms with Gasteiger partial charge in [-0.3, -0.25) is 0 Å². The van der Waals surface area contributed by atoms with Gasteiger partial charge in [0.1, 0.15) is 0 Å². The van der Waals surface area contributed by atoms with Gasteiger partial charge in [-0.25, -0.2) is 0 Å². The van der Waals surface area contributed by atoms with Crippen molar-refractivity contribution in [2.45, 2.75) is 26.2 Å². The van der Waals surface area contributed by atoms with E-state index in [0.29, 0.717) is 0 Å². The summed E-state index contributed by atoms with van der Waals surface area (Å²) in [6.07, 6.45) is 0. The second kappa shape index (κ2) is 2.72. The van der Waals surface area contributed by atoms with Crippen LogP contribution in [0.25, 0.3) is 0 Å². The van der Waals surface area contributed by atoms with Gasteiger partial charge in [0, 0.05) is 0 Å². The van der Waals surface area contributed by atoms with Crippen LogP contribution in [0.1, 0.15) is 0 Å². The zero-order chi connectivity index (χ0) is 9.62. The van der Waals surface area contributed by atoms with Gasteiger partial charge in [-0.1, -0.05) is 0 Å². The third-order valence-corrected chi connectivity index (χ3v) is 11.2. The zero-order valence-corrected chi connectivity index (χ0v) is 10.6. The Bertz CT molecular complexity index is 146. The highest BCUT2D eigenvalue weighted by Gasteiger charge is 2.56. The third-order valence-electron chi connectivity index (χ3n) is 1.25. The van der Waals surface area contributed by atoms with Gasteiger partial charge >= 0.3 is 26.2 Å². The molecule has 1 aliphatic rings. The maximum atomic E-state index is 9.29. The molecule has 0 aromatic rings. The standard InChI is InChI=1S/C4H14O5Si3/c1-10(2)7-11(3,4)9-12(5,6)8-10/h5-6H,1-4H3. The van der Waals surface area contributed by atoms with Crippen LogP contribution in [-0.4, -0.2) is 35.8 Å². The minimum absolute atomic E-state index is 1.78. The van der Waals surface area contributed by atoms with Crippen molar-refractivity contribution >= 4 is 26.2 Å². The first-order valence-electron chi connectivity index (χ1n) is 3.67. The van der Waals surface area contributed by atoms with E-state index in [0.717, 1.165) is 0 Å². The molecule has 0 aromatic heterocycles. The molecule has 0 bridgehead atoms. The summed E-state index contributed by atoms with van der Waals surface area (Å²) in [5.41, 5.74) is 0. The molecule has 12 heavy (non-hydrogen) atoms. The Labute approximate surface area is 74.9 Å². The van der Waals surface area contributed by atoms with E-state index in [9.17, 15) is 9.59 Å². The van der Waals surface area contributed by atoms with Crippen LogP contribution >= 0.6 is 0 Å². The summed E-state index contributed by atoms with van der Waals surface area (Å²) in [6.45, 7) is 7.10. The number of hydrogen-bond acceptors (Lipinski definition) is 5. The minimum Gasteiger partial charge on any atom is -0.416 e. The average Bonchev–Trinajstić information content (AvgIpc) is 1.44. The SMILES string of the molecule is C[Si]1(C)O[Si](C)(C)O[Si](O)(O)O1. The third kappa shape index (κ3) is 2.74. The fourth-order valence-electron chi connectivity index (χ4n) is 1.29. The molecule has 8 heteroatoms. The van der Waals surface area contributed by atoms with E-state index in [1.807, 2.05) is 0 Å². The van der Waals surface area contributed by atoms with E-state index < -0.39 is 26.2 Å². The molecule has 0 spiro atoms. The Hall–Kier alpha value is 0.451. The summed E-state index contributed by atoms with van der Waals surface area (Å²) in [5, 5.41) is 0. The van der Waals surface area contributed by atoms with Crippen LogP contribution in [-0.2, 0) is 12.3 Å². The number of hydrogen-bond donors (Lipinski definition) is 2. The van der Waals surface area contributed by atoms with E-state index in [1.165, 1.54) is 0 Å². The number of rotatable bonds is 0. The molecule has 1 fully saturated rings. The Morgan fingerprint density at radius 2 is 1.08 bits per heavy atom. The second-order valence-electron chi connectivity index (χ2n) is 3.65. The first-order chi connectivity index (χ1) is 5.12. The van der Waals surface area contributed by atoms with Crippen molar-refractivity contribution in [2.75, 3.05) is 0 Å². The van der Waals surface area contributed by atoms with Gasteiger partial charge in [0.2, 0.25) is 0 Å². The van der Waals surface area contributed by atoms with Crippen LogP contribution < -0.4 is 0 Å². The average molecular weight is 226 g/mol. The molecule has 1 heterocycles. The van der Waals surface area contributed by atoms with Crippen LogP contribution in [0, 0.1) is 0 Å². The van der Waals surface area contributed by atoms with Gasteiger partial charge in [0.05, 0.1) is 0 Å². The monoisotopic (exact) mass is 226 g/mol. The van der Waals surface area contributed by atoms with Gasteiger partial charge in [0.25, 0.3) is 0 Å². The lowest BCUT2D eigenvalue weighted by molar-refractivity contribution is 0.0802. The molecule has 1 rings (SSSR count).